The quantitative estimate of drug-likeness (QED) is 0.0331. The van der Waals surface area contributed by atoms with Gasteiger partial charge in [0.05, 0.1) is 0 Å². The molecule has 0 bridgehead atoms. The molecule has 0 aromatic rings. The van der Waals surface area contributed by atoms with Crippen molar-refractivity contribution in [2.24, 2.45) is 5.92 Å². The predicted octanol–water partition coefficient (Wildman–Crippen LogP) is 25.1. The Kier molecular flexibility index (Phi) is 104. The summed E-state index contributed by atoms with van der Waals surface area (Å²) in [6, 6.07) is 0. The van der Waals surface area contributed by atoms with Crippen LogP contribution in [0.1, 0.15) is 389 Å². The molecule has 0 spiro atoms. The fraction of sp³-hybridized carbons (Fsp3) is 0.985. The van der Waals surface area contributed by atoms with Crippen LogP contribution < -0.4 is 0 Å². The monoisotopic (exact) mass is 1070 g/mol. The van der Waals surface area contributed by atoms with Crippen molar-refractivity contribution in [3.05, 3.63) is 22.9 Å². The van der Waals surface area contributed by atoms with Gasteiger partial charge in [-0.2, -0.15) is 5.92 Å². The van der Waals surface area contributed by atoms with Gasteiger partial charge in [-0.25, -0.2) is 0 Å². The molecule has 5 heteroatoms. The number of unbranched alkanes of at least 4 members (excludes halogenated alkanes) is 43. The Morgan fingerprint density at radius 1 is 0.219 bits per heavy atom. The van der Waals surface area contributed by atoms with E-state index in [-0.39, 0.29) is 27.2 Å². The van der Waals surface area contributed by atoms with Gasteiger partial charge in [-0.3, -0.25) is 0 Å². The molecule has 0 aliphatic carbocycles. The molecule has 1 unspecified atom stereocenters. The largest absolute Gasteiger partial charge is 4.00 e. The predicted molar refractivity (Wildman–Crippen MR) is 337 cm³/mol. The zero-order valence-electron chi connectivity index (χ0n) is 52.6. The Hall–Kier alpha value is 0.554. The van der Waals surface area contributed by atoms with Crippen molar-refractivity contribution in [2.75, 3.05) is 39.3 Å². The van der Waals surface area contributed by atoms with Gasteiger partial charge in [-0.05, 0) is 0 Å². The maximum absolute atomic E-state index is 4.67. The minimum Gasteiger partial charge on any atom is -0.662 e. The Labute approximate surface area is 481 Å². The first-order valence-corrected chi connectivity index (χ1v) is 33.8. The second-order valence-corrected chi connectivity index (χ2v) is 22.3. The van der Waals surface area contributed by atoms with Gasteiger partial charge >= 0.3 is 21.7 Å². The van der Waals surface area contributed by atoms with Crippen LogP contribution in [0.2, 0.25) is 0 Å². The first kappa shape index (κ1) is 84.8. The summed E-state index contributed by atoms with van der Waals surface area (Å²) >= 11 is 0. The fourth-order valence-electron chi connectivity index (χ4n) is 9.18. The molecule has 73 heavy (non-hydrogen) atoms. The summed E-state index contributed by atoms with van der Waals surface area (Å²) in [5.74, 6) is 0.704. The average Bonchev–Trinajstić information content (AvgIpc) is 3.39. The number of nitrogens with zero attached hydrogens (tertiary/aromatic N) is 3. The van der Waals surface area contributed by atoms with Crippen molar-refractivity contribution in [3.8, 4) is 0 Å². The van der Waals surface area contributed by atoms with Crippen molar-refractivity contribution in [3.63, 3.8) is 0 Å². The summed E-state index contributed by atoms with van der Waals surface area (Å²) in [6.07, 6.45) is 72.8. The van der Waals surface area contributed by atoms with Gasteiger partial charge in [-0.1, -0.05) is 389 Å². The molecule has 0 radical (unpaired) electrons. The molecule has 0 aliphatic rings. The molecule has 4 nitrogen and oxygen atoms in total. The van der Waals surface area contributed by atoms with E-state index in [1.54, 1.807) is 0 Å². The minimum absolute atomic E-state index is 0. The van der Waals surface area contributed by atoms with E-state index in [4.69, 9.17) is 0 Å². The normalized spacial score (nSPS) is 11.1. The molecule has 0 rings (SSSR count). The standard InChI is InChI=1S/3C20H42N.C8H17.H2O.Ti/c3*1-3-5-7-9-11-13-15-17-19-21-20-18-16-14-12-10-8-6-4-2;1-4-6-7-8(3)5-2;;/h3*3-20H2,1-2H3;8H,3-7H2,1-2H3;1H2;/q4*-1;;+4. The molecule has 442 valence electrons. The molecule has 0 amide bonds. The van der Waals surface area contributed by atoms with Gasteiger partial charge in [0.1, 0.15) is 0 Å². The summed E-state index contributed by atoms with van der Waals surface area (Å²) < 4.78 is 0. The Morgan fingerprint density at radius 2 is 0.356 bits per heavy atom. The summed E-state index contributed by atoms with van der Waals surface area (Å²) in [6.45, 7) is 28.8. The molecule has 1 atom stereocenters. The van der Waals surface area contributed by atoms with Crippen molar-refractivity contribution in [2.45, 2.75) is 389 Å². The van der Waals surface area contributed by atoms with Gasteiger partial charge < -0.3 is 28.4 Å². The summed E-state index contributed by atoms with van der Waals surface area (Å²) in [5.41, 5.74) is 0. The van der Waals surface area contributed by atoms with Crippen LogP contribution in [0.5, 0.6) is 0 Å². The van der Waals surface area contributed by atoms with E-state index in [9.17, 15) is 0 Å². The number of rotatable bonds is 58. The molecule has 0 aromatic heterocycles. The summed E-state index contributed by atoms with van der Waals surface area (Å²) in [5, 5.41) is 14.0. The third-order valence-electron chi connectivity index (χ3n) is 14.6. The zero-order chi connectivity index (χ0) is 52.7. The van der Waals surface area contributed by atoms with Crippen molar-refractivity contribution < 1.29 is 27.2 Å². The third-order valence-corrected chi connectivity index (χ3v) is 14.6. The molecule has 0 saturated heterocycles. The minimum atomic E-state index is 0. The van der Waals surface area contributed by atoms with Crippen LogP contribution in [0, 0.1) is 12.8 Å². The van der Waals surface area contributed by atoms with Crippen LogP contribution in [0.15, 0.2) is 0 Å². The van der Waals surface area contributed by atoms with E-state index in [0.717, 1.165) is 39.3 Å². The van der Waals surface area contributed by atoms with Crippen molar-refractivity contribution in [1.82, 2.24) is 0 Å². The van der Waals surface area contributed by atoms with Crippen LogP contribution >= 0.6 is 0 Å². The maximum Gasteiger partial charge on any atom is 4.00 e. The van der Waals surface area contributed by atoms with Gasteiger partial charge in [-0.15, -0.1) is 39.3 Å². The molecule has 2 N–H and O–H groups in total. The van der Waals surface area contributed by atoms with Crippen LogP contribution in [-0.2, 0) is 21.7 Å². The Balaban J connectivity index is -0.000000211. The molecule has 0 aliphatic heterocycles. The van der Waals surface area contributed by atoms with Gasteiger partial charge in [0.15, 0.2) is 0 Å². The third kappa shape index (κ3) is 98.5. The second-order valence-electron chi connectivity index (χ2n) is 22.3. The summed E-state index contributed by atoms with van der Waals surface area (Å²) in [4.78, 5) is 0. The second kappa shape index (κ2) is 89.1. The smallest absolute Gasteiger partial charge is 0.662 e. The van der Waals surface area contributed by atoms with E-state index < -0.39 is 0 Å². The van der Waals surface area contributed by atoms with Crippen LogP contribution in [0.3, 0.4) is 0 Å². The topological polar surface area (TPSA) is 73.8 Å². The van der Waals surface area contributed by atoms with E-state index in [1.165, 1.54) is 334 Å². The van der Waals surface area contributed by atoms with Gasteiger partial charge in [0.2, 0.25) is 0 Å². The molecule has 0 saturated carbocycles. The number of hydrogen-bond acceptors (Lipinski definition) is 0. The average molecular weight is 1070 g/mol. The SMILES string of the molecule is CCCCCCCCCC[N-]CCCCCCCCCC.CCCCCCCCCC[N-]CCCCCCCCCC.CCCCCCCCCC[N-]CCCCCCCCCC.O.[CH2-]C(CC)CCCC.[Ti+4]. The first-order chi connectivity index (χ1) is 35.1. The van der Waals surface area contributed by atoms with E-state index in [0.29, 0.717) is 5.92 Å². The van der Waals surface area contributed by atoms with Gasteiger partial charge in [0.25, 0.3) is 0 Å². The summed E-state index contributed by atoms with van der Waals surface area (Å²) in [7, 11) is 0. The van der Waals surface area contributed by atoms with E-state index >= 15 is 0 Å². The fourth-order valence-corrected chi connectivity index (χ4v) is 9.18. The molecule has 0 fully saturated rings. The van der Waals surface area contributed by atoms with Crippen molar-refractivity contribution >= 4 is 0 Å². The molecular formula is C68H145N3OTi. The van der Waals surface area contributed by atoms with Crippen LogP contribution in [0.25, 0.3) is 16.0 Å². The van der Waals surface area contributed by atoms with Crippen molar-refractivity contribution in [1.29, 1.82) is 0 Å². The maximum atomic E-state index is 4.67. The zero-order valence-corrected chi connectivity index (χ0v) is 54.2. The Morgan fingerprint density at radius 3 is 0.493 bits per heavy atom. The molecule has 0 aromatic carbocycles. The Bertz CT molecular complexity index is 657. The van der Waals surface area contributed by atoms with E-state index in [1.807, 2.05) is 0 Å². The van der Waals surface area contributed by atoms with Gasteiger partial charge in [0, 0.05) is 0 Å². The van der Waals surface area contributed by atoms with Crippen LogP contribution in [-0.4, -0.2) is 44.7 Å². The van der Waals surface area contributed by atoms with Crippen LogP contribution in [0.4, 0.5) is 0 Å². The molecule has 0 heterocycles. The number of hydrogen-bond donors (Lipinski definition) is 0. The first-order valence-electron chi connectivity index (χ1n) is 33.8. The van der Waals surface area contributed by atoms with E-state index in [2.05, 4.69) is 78.3 Å². The molecular weight excluding hydrogens is 923 g/mol.